The first kappa shape index (κ1) is 13.2. The normalized spacial score (nSPS) is 22.3. The third-order valence-corrected chi connectivity index (χ3v) is 3.87. The minimum Gasteiger partial charge on any atom is -0.372 e. The van der Waals surface area contributed by atoms with E-state index in [1.54, 1.807) is 24.3 Å². The fourth-order valence-electron chi connectivity index (χ4n) is 2.61. The predicted molar refractivity (Wildman–Crippen MR) is 78.7 cm³/mol. The van der Waals surface area contributed by atoms with Gasteiger partial charge in [0, 0.05) is 23.0 Å². The lowest BCUT2D eigenvalue weighted by atomic mass is 9.97. The van der Waals surface area contributed by atoms with E-state index in [-0.39, 0.29) is 11.8 Å². The van der Waals surface area contributed by atoms with Gasteiger partial charge in [-0.05, 0) is 29.8 Å². The van der Waals surface area contributed by atoms with E-state index in [9.17, 15) is 9.90 Å². The van der Waals surface area contributed by atoms with Gasteiger partial charge in [0.05, 0.1) is 0 Å². The summed E-state index contributed by atoms with van der Waals surface area (Å²) in [6.07, 6.45) is -0.528. The number of rotatable bonds is 2. The fraction of sp³-hybridized carbons (Fsp3) is 0.188. The molecule has 1 saturated heterocycles. The maximum Gasteiger partial charge on any atom is 0.229 e. The lowest BCUT2D eigenvalue weighted by Crippen LogP contribution is -2.34. The van der Waals surface area contributed by atoms with Crippen molar-refractivity contribution in [2.24, 2.45) is 0 Å². The molecule has 2 atom stereocenters. The first-order valence-electron chi connectivity index (χ1n) is 6.47. The van der Waals surface area contributed by atoms with E-state index in [4.69, 9.17) is 11.6 Å². The Kier molecular flexibility index (Phi) is 3.47. The summed E-state index contributed by atoms with van der Waals surface area (Å²) in [5, 5.41) is 11.1. The summed E-state index contributed by atoms with van der Waals surface area (Å²) in [4.78, 5) is 13.6. The summed E-state index contributed by atoms with van der Waals surface area (Å²) < 4.78 is 0. The van der Waals surface area contributed by atoms with Gasteiger partial charge in [-0.15, -0.1) is 0 Å². The van der Waals surface area contributed by atoms with Crippen molar-refractivity contribution >= 4 is 23.2 Å². The molecule has 0 aliphatic carbocycles. The van der Waals surface area contributed by atoms with Crippen molar-refractivity contribution in [3.05, 3.63) is 65.2 Å². The number of benzene rings is 2. The van der Waals surface area contributed by atoms with Crippen LogP contribution in [0.1, 0.15) is 17.9 Å². The van der Waals surface area contributed by atoms with Gasteiger partial charge >= 0.3 is 0 Å². The molecule has 1 fully saturated rings. The minimum absolute atomic E-state index is 0.0753. The fourth-order valence-corrected chi connectivity index (χ4v) is 2.73. The molecule has 2 aromatic rings. The van der Waals surface area contributed by atoms with Crippen LogP contribution in [0.2, 0.25) is 5.02 Å². The SMILES string of the molecule is O=C1C[C@@H](c2ccccc2)[C@H](O)N1c1ccc(Cl)cc1. The third kappa shape index (κ3) is 2.30. The number of hydrogen-bond donors (Lipinski definition) is 1. The van der Waals surface area contributed by atoms with Crippen LogP contribution in [-0.4, -0.2) is 17.2 Å². The summed E-state index contributed by atoms with van der Waals surface area (Å²) in [5.74, 6) is -0.270. The van der Waals surface area contributed by atoms with Crippen LogP contribution in [0.15, 0.2) is 54.6 Å². The molecule has 1 aliphatic heterocycles. The van der Waals surface area contributed by atoms with Crippen molar-refractivity contribution in [2.45, 2.75) is 18.6 Å². The second-order valence-corrected chi connectivity index (χ2v) is 5.31. The number of amides is 1. The smallest absolute Gasteiger partial charge is 0.229 e. The Hall–Kier alpha value is -1.84. The van der Waals surface area contributed by atoms with Crippen LogP contribution >= 0.6 is 11.6 Å². The van der Waals surface area contributed by atoms with E-state index in [2.05, 4.69) is 0 Å². The largest absolute Gasteiger partial charge is 0.372 e. The second kappa shape index (κ2) is 5.27. The van der Waals surface area contributed by atoms with Crippen molar-refractivity contribution in [1.29, 1.82) is 0 Å². The van der Waals surface area contributed by atoms with E-state index in [1.165, 1.54) is 4.90 Å². The molecule has 4 heteroatoms. The number of carbonyl (C=O) groups excluding carboxylic acids is 1. The Balaban J connectivity index is 1.91. The Morgan fingerprint density at radius 2 is 1.70 bits per heavy atom. The van der Waals surface area contributed by atoms with Crippen LogP contribution in [0.3, 0.4) is 0 Å². The van der Waals surface area contributed by atoms with Crippen molar-refractivity contribution in [2.75, 3.05) is 4.90 Å². The van der Waals surface area contributed by atoms with Crippen LogP contribution in [0.25, 0.3) is 0 Å². The zero-order chi connectivity index (χ0) is 14.1. The lowest BCUT2D eigenvalue weighted by Gasteiger charge is -2.23. The van der Waals surface area contributed by atoms with Gasteiger partial charge in [0.15, 0.2) is 0 Å². The number of hydrogen-bond acceptors (Lipinski definition) is 2. The molecule has 102 valence electrons. The van der Waals surface area contributed by atoms with Gasteiger partial charge in [-0.3, -0.25) is 9.69 Å². The van der Waals surface area contributed by atoms with Gasteiger partial charge in [0.2, 0.25) is 5.91 Å². The van der Waals surface area contributed by atoms with Crippen molar-refractivity contribution in [3.8, 4) is 0 Å². The molecule has 1 aliphatic rings. The Morgan fingerprint density at radius 1 is 1.05 bits per heavy atom. The summed E-state index contributed by atoms with van der Waals surface area (Å²) in [6.45, 7) is 0. The molecule has 0 bridgehead atoms. The van der Waals surface area contributed by atoms with E-state index in [0.29, 0.717) is 17.1 Å². The number of aliphatic hydroxyl groups excluding tert-OH is 1. The highest BCUT2D eigenvalue weighted by molar-refractivity contribution is 6.30. The molecular formula is C16H14ClNO2. The second-order valence-electron chi connectivity index (χ2n) is 4.88. The highest BCUT2D eigenvalue weighted by Crippen LogP contribution is 2.36. The van der Waals surface area contributed by atoms with Gasteiger partial charge in [-0.1, -0.05) is 41.9 Å². The molecule has 0 saturated carbocycles. The molecule has 0 aromatic heterocycles. The van der Waals surface area contributed by atoms with Gasteiger partial charge < -0.3 is 5.11 Å². The summed E-state index contributed by atoms with van der Waals surface area (Å²) in [5.41, 5.74) is 1.65. The zero-order valence-electron chi connectivity index (χ0n) is 10.7. The Bertz CT molecular complexity index is 612. The molecule has 1 N–H and O–H groups in total. The number of aliphatic hydroxyl groups is 1. The van der Waals surface area contributed by atoms with Crippen LogP contribution in [0.4, 0.5) is 5.69 Å². The zero-order valence-corrected chi connectivity index (χ0v) is 11.5. The molecule has 0 spiro atoms. The minimum atomic E-state index is -0.842. The maximum absolute atomic E-state index is 12.2. The van der Waals surface area contributed by atoms with E-state index in [0.717, 1.165) is 5.56 Å². The molecule has 0 radical (unpaired) electrons. The van der Waals surface area contributed by atoms with Gasteiger partial charge in [-0.2, -0.15) is 0 Å². The lowest BCUT2D eigenvalue weighted by molar-refractivity contribution is -0.117. The first-order valence-corrected chi connectivity index (χ1v) is 6.85. The molecule has 0 unspecified atom stereocenters. The molecule has 2 aromatic carbocycles. The molecule has 1 heterocycles. The summed E-state index contributed by atoms with van der Waals surface area (Å²) in [6, 6.07) is 16.5. The molecular weight excluding hydrogens is 274 g/mol. The molecule has 20 heavy (non-hydrogen) atoms. The average Bonchev–Trinajstić information content (AvgIpc) is 2.76. The number of halogens is 1. The third-order valence-electron chi connectivity index (χ3n) is 3.62. The van der Waals surface area contributed by atoms with Gasteiger partial charge in [-0.25, -0.2) is 0 Å². The number of anilines is 1. The monoisotopic (exact) mass is 287 g/mol. The first-order chi connectivity index (χ1) is 9.66. The highest BCUT2D eigenvalue weighted by atomic mass is 35.5. The molecule has 3 nitrogen and oxygen atoms in total. The summed E-state index contributed by atoms with van der Waals surface area (Å²) in [7, 11) is 0. The molecule has 1 amide bonds. The van der Waals surface area contributed by atoms with Crippen molar-refractivity contribution in [3.63, 3.8) is 0 Å². The van der Waals surface area contributed by atoms with Crippen LogP contribution in [0.5, 0.6) is 0 Å². The van der Waals surface area contributed by atoms with E-state index < -0.39 is 6.23 Å². The van der Waals surface area contributed by atoms with E-state index in [1.807, 2.05) is 30.3 Å². The van der Waals surface area contributed by atoms with Crippen molar-refractivity contribution < 1.29 is 9.90 Å². The quantitative estimate of drug-likeness (QED) is 0.921. The maximum atomic E-state index is 12.2. The summed E-state index contributed by atoms with van der Waals surface area (Å²) >= 11 is 5.85. The number of carbonyl (C=O) groups is 1. The van der Waals surface area contributed by atoms with Crippen LogP contribution in [0, 0.1) is 0 Å². The topological polar surface area (TPSA) is 40.5 Å². The van der Waals surface area contributed by atoms with Crippen LogP contribution < -0.4 is 4.90 Å². The van der Waals surface area contributed by atoms with Gasteiger partial charge in [0.1, 0.15) is 6.23 Å². The number of nitrogens with zero attached hydrogens (tertiary/aromatic N) is 1. The van der Waals surface area contributed by atoms with Crippen LogP contribution in [-0.2, 0) is 4.79 Å². The predicted octanol–water partition coefficient (Wildman–Crippen LogP) is 3.18. The van der Waals surface area contributed by atoms with E-state index >= 15 is 0 Å². The Morgan fingerprint density at radius 3 is 2.35 bits per heavy atom. The Labute approximate surface area is 122 Å². The highest BCUT2D eigenvalue weighted by Gasteiger charge is 2.40. The van der Waals surface area contributed by atoms with Gasteiger partial charge in [0.25, 0.3) is 0 Å². The van der Waals surface area contributed by atoms with Crippen molar-refractivity contribution in [1.82, 2.24) is 0 Å². The average molecular weight is 288 g/mol. The molecule has 3 rings (SSSR count). The standard InChI is InChI=1S/C16H14ClNO2/c17-12-6-8-13(9-7-12)18-15(19)10-14(16(18)20)11-4-2-1-3-5-11/h1-9,14,16,20H,10H2/t14-,16-/m0/s1.